The van der Waals surface area contributed by atoms with E-state index in [2.05, 4.69) is 0 Å². The van der Waals surface area contributed by atoms with Gasteiger partial charge in [0.05, 0.1) is 17.2 Å². The highest BCUT2D eigenvalue weighted by Crippen LogP contribution is 2.25. The summed E-state index contributed by atoms with van der Waals surface area (Å²) in [5.74, 6) is -0.579. The molecule has 0 fully saturated rings. The number of aromatic hydroxyl groups is 1. The zero-order chi connectivity index (χ0) is 13.1. The van der Waals surface area contributed by atoms with Crippen LogP contribution in [-0.4, -0.2) is 10.9 Å². The Kier molecular flexibility index (Phi) is 3.31. The fourth-order valence-electron chi connectivity index (χ4n) is 1.61. The number of hydrogen-bond acceptors (Lipinski definition) is 3. The summed E-state index contributed by atoms with van der Waals surface area (Å²) in [5.41, 5.74) is 0.602. The summed E-state index contributed by atoms with van der Waals surface area (Å²) in [6.45, 7) is 0. The number of halogens is 1. The fraction of sp³-hybridized carbons (Fsp3) is 0. The largest absolute Gasteiger partial charge is 0.507 e. The predicted molar refractivity (Wildman–Crippen MR) is 67.7 cm³/mol. The maximum atomic E-state index is 12.2. The Bertz CT molecular complexity index is 659. The standard InChI is InChI=1S/C14H8ClNO2/c15-10-5-6-13(17)12(7-10)14(18)11-4-2-1-3-9(11)8-16/h1-7,17H. The Balaban J connectivity index is 2.55. The molecule has 88 valence electrons. The minimum absolute atomic E-state index is 0.0881. The number of phenols is 1. The summed E-state index contributed by atoms with van der Waals surface area (Å²) < 4.78 is 0. The molecule has 0 saturated heterocycles. The van der Waals surface area contributed by atoms with Crippen LogP contribution in [0.2, 0.25) is 5.02 Å². The monoisotopic (exact) mass is 257 g/mol. The van der Waals surface area contributed by atoms with Crippen molar-refractivity contribution >= 4 is 17.4 Å². The van der Waals surface area contributed by atoms with Gasteiger partial charge in [0.15, 0.2) is 5.78 Å². The van der Waals surface area contributed by atoms with Crippen LogP contribution in [0.5, 0.6) is 5.75 Å². The normalized spacial score (nSPS) is 9.78. The topological polar surface area (TPSA) is 61.1 Å². The Hall–Kier alpha value is -2.31. The number of benzene rings is 2. The number of rotatable bonds is 2. The highest BCUT2D eigenvalue weighted by Gasteiger charge is 2.16. The van der Waals surface area contributed by atoms with Crippen molar-refractivity contribution in [2.45, 2.75) is 0 Å². The van der Waals surface area contributed by atoms with Gasteiger partial charge in [-0.3, -0.25) is 4.79 Å². The lowest BCUT2D eigenvalue weighted by Gasteiger charge is -2.05. The smallest absolute Gasteiger partial charge is 0.198 e. The van der Waals surface area contributed by atoms with Gasteiger partial charge in [-0.05, 0) is 30.3 Å². The van der Waals surface area contributed by atoms with Crippen molar-refractivity contribution in [3.8, 4) is 11.8 Å². The molecule has 0 bridgehead atoms. The zero-order valence-corrected chi connectivity index (χ0v) is 9.98. The van der Waals surface area contributed by atoms with E-state index in [4.69, 9.17) is 16.9 Å². The summed E-state index contributed by atoms with van der Waals surface area (Å²) >= 11 is 5.79. The lowest BCUT2D eigenvalue weighted by Crippen LogP contribution is -2.04. The molecule has 2 aromatic carbocycles. The Morgan fingerprint density at radius 2 is 1.89 bits per heavy atom. The number of nitrogens with zero attached hydrogens (tertiary/aromatic N) is 1. The van der Waals surface area contributed by atoms with E-state index in [0.29, 0.717) is 5.02 Å². The molecular weight excluding hydrogens is 250 g/mol. The highest BCUT2D eigenvalue weighted by molar-refractivity contribution is 6.31. The molecule has 0 radical (unpaired) electrons. The van der Waals surface area contributed by atoms with Crippen LogP contribution < -0.4 is 0 Å². The van der Waals surface area contributed by atoms with Crippen LogP contribution in [0, 0.1) is 11.3 Å². The molecule has 0 aliphatic carbocycles. The zero-order valence-electron chi connectivity index (χ0n) is 9.22. The quantitative estimate of drug-likeness (QED) is 0.841. The van der Waals surface area contributed by atoms with Gasteiger partial charge >= 0.3 is 0 Å². The van der Waals surface area contributed by atoms with Gasteiger partial charge < -0.3 is 5.11 Å². The van der Waals surface area contributed by atoms with Crippen molar-refractivity contribution in [3.63, 3.8) is 0 Å². The molecule has 0 aliphatic heterocycles. The molecule has 2 rings (SSSR count). The summed E-state index contributed by atoms with van der Waals surface area (Å²) in [7, 11) is 0. The van der Waals surface area contributed by atoms with Crippen LogP contribution in [0.3, 0.4) is 0 Å². The number of ketones is 1. The van der Waals surface area contributed by atoms with Gasteiger partial charge in [0.2, 0.25) is 0 Å². The van der Waals surface area contributed by atoms with Gasteiger partial charge in [-0.15, -0.1) is 0 Å². The number of hydrogen-bond donors (Lipinski definition) is 1. The molecule has 0 heterocycles. The van der Waals surface area contributed by atoms with Crippen molar-refractivity contribution in [1.82, 2.24) is 0 Å². The average molecular weight is 258 g/mol. The van der Waals surface area contributed by atoms with Gasteiger partial charge in [0.25, 0.3) is 0 Å². The molecule has 4 heteroatoms. The Morgan fingerprint density at radius 3 is 2.61 bits per heavy atom. The van der Waals surface area contributed by atoms with E-state index >= 15 is 0 Å². The summed E-state index contributed by atoms with van der Waals surface area (Å²) in [5, 5.41) is 19.0. The molecule has 18 heavy (non-hydrogen) atoms. The fourth-order valence-corrected chi connectivity index (χ4v) is 1.79. The number of carbonyl (C=O) groups is 1. The second kappa shape index (κ2) is 4.91. The molecule has 3 nitrogen and oxygen atoms in total. The van der Waals surface area contributed by atoms with Crippen molar-refractivity contribution in [3.05, 3.63) is 64.2 Å². The van der Waals surface area contributed by atoms with Crippen molar-refractivity contribution in [2.24, 2.45) is 0 Å². The van der Waals surface area contributed by atoms with Gasteiger partial charge in [-0.1, -0.05) is 23.7 Å². The third kappa shape index (κ3) is 2.20. The van der Waals surface area contributed by atoms with Crippen molar-refractivity contribution in [1.29, 1.82) is 5.26 Å². The van der Waals surface area contributed by atoms with Gasteiger partial charge in [0.1, 0.15) is 5.75 Å². The number of nitriles is 1. The molecule has 0 atom stereocenters. The van der Waals surface area contributed by atoms with Gasteiger partial charge in [-0.2, -0.15) is 5.26 Å². The van der Waals surface area contributed by atoms with Crippen LogP contribution in [0.25, 0.3) is 0 Å². The average Bonchev–Trinajstić information content (AvgIpc) is 2.40. The predicted octanol–water partition coefficient (Wildman–Crippen LogP) is 3.15. The van der Waals surface area contributed by atoms with E-state index in [0.717, 1.165) is 0 Å². The molecule has 2 aromatic rings. The van der Waals surface area contributed by atoms with Crippen LogP contribution in [0.1, 0.15) is 21.5 Å². The van der Waals surface area contributed by atoms with E-state index in [1.54, 1.807) is 24.3 Å². The summed E-state index contributed by atoms with van der Waals surface area (Å²) in [4.78, 5) is 12.2. The van der Waals surface area contributed by atoms with Crippen LogP contribution in [0.4, 0.5) is 0 Å². The lowest BCUT2D eigenvalue weighted by molar-refractivity contribution is 0.103. The molecule has 0 saturated carbocycles. The third-order valence-electron chi connectivity index (χ3n) is 2.50. The van der Waals surface area contributed by atoms with E-state index in [1.165, 1.54) is 18.2 Å². The first kappa shape index (κ1) is 12.2. The minimum Gasteiger partial charge on any atom is -0.507 e. The molecular formula is C14H8ClNO2. The van der Waals surface area contributed by atoms with Crippen LogP contribution in [0.15, 0.2) is 42.5 Å². The lowest BCUT2D eigenvalue weighted by atomic mass is 9.98. The van der Waals surface area contributed by atoms with Crippen LogP contribution >= 0.6 is 11.6 Å². The second-order valence-corrected chi connectivity index (χ2v) is 4.08. The molecule has 0 aliphatic rings. The maximum absolute atomic E-state index is 12.2. The Morgan fingerprint density at radius 1 is 1.17 bits per heavy atom. The minimum atomic E-state index is -0.424. The first-order valence-corrected chi connectivity index (χ1v) is 5.53. The summed E-state index contributed by atoms with van der Waals surface area (Å²) in [6, 6.07) is 12.6. The number of carbonyl (C=O) groups excluding carboxylic acids is 1. The molecule has 0 aromatic heterocycles. The van der Waals surface area contributed by atoms with E-state index in [1.807, 2.05) is 6.07 Å². The van der Waals surface area contributed by atoms with Crippen LogP contribution in [-0.2, 0) is 0 Å². The van der Waals surface area contributed by atoms with Crippen molar-refractivity contribution < 1.29 is 9.90 Å². The van der Waals surface area contributed by atoms with E-state index < -0.39 is 5.78 Å². The van der Waals surface area contributed by atoms with Gasteiger partial charge in [0, 0.05) is 10.6 Å². The first-order valence-electron chi connectivity index (χ1n) is 5.16. The Labute approximate surface area is 109 Å². The molecule has 1 N–H and O–H groups in total. The third-order valence-corrected chi connectivity index (χ3v) is 2.73. The SMILES string of the molecule is N#Cc1ccccc1C(=O)c1cc(Cl)ccc1O. The number of phenolic OH excluding ortho intramolecular Hbond substituents is 1. The van der Waals surface area contributed by atoms with E-state index in [-0.39, 0.29) is 22.4 Å². The first-order chi connectivity index (χ1) is 8.63. The molecule has 0 amide bonds. The maximum Gasteiger partial charge on any atom is 0.198 e. The van der Waals surface area contributed by atoms with Gasteiger partial charge in [-0.25, -0.2) is 0 Å². The second-order valence-electron chi connectivity index (χ2n) is 3.65. The van der Waals surface area contributed by atoms with E-state index in [9.17, 15) is 9.90 Å². The highest BCUT2D eigenvalue weighted by atomic mass is 35.5. The summed E-state index contributed by atoms with van der Waals surface area (Å²) in [6.07, 6.45) is 0. The van der Waals surface area contributed by atoms with Crippen molar-refractivity contribution in [2.75, 3.05) is 0 Å². The molecule has 0 unspecified atom stereocenters. The molecule has 0 spiro atoms.